The molecule has 234 valence electrons. The second-order valence-corrected chi connectivity index (χ2v) is 13.5. The first-order valence-corrected chi connectivity index (χ1v) is 17.5. The van der Waals surface area contributed by atoms with Gasteiger partial charge < -0.3 is 0 Å². The monoisotopic (exact) mass is 656 g/mol. The van der Waals surface area contributed by atoms with Crippen molar-refractivity contribution in [1.82, 2.24) is 19.5 Å². The van der Waals surface area contributed by atoms with Crippen LogP contribution in [-0.2, 0) is 0 Å². The Morgan fingerprint density at radius 1 is 0.360 bits per heavy atom. The molecular formula is C45H28N4S. The van der Waals surface area contributed by atoms with Gasteiger partial charge in [-0.15, -0.1) is 11.3 Å². The minimum atomic E-state index is 0.593. The molecule has 5 heteroatoms. The molecule has 3 heterocycles. The van der Waals surface area contributed by atoms with Gasteiger partial charge >= 0.3 is 0 Å². The predicted molar refractivity (Wildman–Crippen MR) is 209 cm³/mol. The van der Waals surface area contributed by atoms with Crippen LogP contribution in [0.3, 0.4) is 0 Å². The van der Waals surface area contributed by atoms with Crippen molar-refractivity contribution in [2.24, 2.45) is 0 Å². The summed E-state index contributed by atoms with van der Waals surface area (Å²) in [7, 11) is 0. The summed E-state index contributed by atoms with van der Waals surface area (Å²) in [5, 5.41) is 4.75. The van der Waals surface area contributed by atoms with Crippen LogP contribution in [0.15, 0.2) is 170 Å². The topological polar surface area (TPSA) is 43.6 Å². The Morgan fingerprint density at radius 3 is 1.58 bits per heavy atom. The SMILES string of the molecule is c1ccc(-c2cc(-c3nc(-c4ccccc4)nc(-n4c5ccccc5c5ccccc54)n3)c3sc4c(-c5ccccc5)cccc4c3c2)cc1. The van der Waals surface area contributed by atoms with Crippen molar-refractivity contribution in [3.63, 3.8) is 0 Å². The van der Waals surface area contributed by atoms with E-state index < -0.39 is 0 Å². The first kappa shape index (κ1) is 28.6. The molecule has 3 aromatic heterocycles. The highest BCUT2D eigenvalue weighted by atomic mass is 32.1. The summed E-state index contributed by atoms with van der Waals surface area (Å²) in [4.78, 5) is 15.8. The fraction of sp³-hybridized carbons (Fsp3) is 0. The number of thiophene rings is 1. The standard InChI is InChI=1S/C45H28N4S/c1-4-15-29(16-5-1)32-27-37-36-24-14-23-33(30-17-6-2-7-18-30)41(36)50-42(37)38(28-32)44-46-43(31-19-8-3-9-20-31)47-45(48-44)49-39-25-12-10-21-34(39)35-22-11-13-26-40(35)49/h1-28H. The van der Waals surface area contributed by atoms with Crippen LogP contribution in [0, 0.1) is 0 Å². The highest BCUT2D eigenvalue weighted by molar-refractivity contribution is 7.26. The Morgan fingerprint density at radius 2 is 0.900 bits per heavy atom. The van der Waals surface area contributed by atoms with Crippen molar-refractivity contribution in [2.75, 3.05) is 0 Å². The zero-order valence-corrected chi connectivity index (χ0v) is 27.7. The lowest BCUT2D eigenvalue weighted by Crippen LogP contribution is -2.06. The average molecular weight is 657 g/mol. The molecule has 0 unspecified atom stereocenters. The second kappa shape index (κ2) is 11.6. The van der Waals surface area contributed by atoms with Gasteiger partial charge in [-0.25, -0.2) is 4.98 Å². The Kier molecular flexibility index (Phi) is 6.64. The van der Waals surface area contributed by atoms with E-state index in [2.05, 4.69) is 156 Å². The van der Waals surface area contributed by atoms with E-state index in [0.717, 1.165) is 48.8 Å². The van der Waals surface area contributed by atoms with E-state index in [1.54, 1.807) is 0 Å². The predicted octanol–water partition coefficient (Wildman–Crippen LogP) is 12.0. The molecule has 0 bridgehead atoms. The van der Waals surface area contributed by atoms with Crippen molar-refractivity contribution in [3.05, 3.63) is 170 Å². The lowest BCUT2D eigenvalue weighted by molar-refractivity contribution is 0.954. The first-order chi connectivity index (χ1) is 24.8. The summed E-state index contributed by atoms with van der Waals surface area (Å²) in [6.45, 7) is 0. The smallest absolute Gasteiger partial charge is 0.238 e. The van der Waals surface area contributed by atoms with E-state index in [4.69, 9.17) is 15.0 Å². The molecule has 4 nitrogen and oxygen atoms in total. The number of rotatable bonds is 5. The van der Waals surface area contributed by atoms with Crippen molar-refractivity contribution in [2.45, 2.75) is 0 Å². The molecule has 0 aliphatic carbocycles. The van der Waals surface area contributed by atoms with E-state index in [1.807, 2.05) is 29.5 Å². The lowest BCUT2D eigenvalue weighted by atomic mass is 9.97. The van der Waals surface area contributed by atoms with Gasteiger partial charge in [-0.1, -0.05) is 146 Å². The molecule has 10 aromatic rings. The number of hydrogen-bond donors (Lipinski definition) is 0. The maximum Gasteiger partial charge on any atom is 0.238 e. The molecular weight excluding hydrogens is 629 g/mol. The van der Waals surface area contributed by atoms with Gasteiger partial charge in [0, 0.05) is 42.1 Å². The summed E-state index contributed by atoms with van der Waals surface area (Å²) in [5.74, 6) is 1.87. The Bertz CT molecular complexity index is 2800. The van der Waals surface area contributed by atoms with Crippen molar-refractivity contribution >= 4 is 53.3 Å². The van der Waals surface area contributed by atoms with Gasteiger partial charge in [0.2, 0.25) is 5.95 Å². The van der Waals surface area contributed by atoms with Gasteiger partial charge in [0.15, 0.2) is 11.6 Å². The molecule has 0 atom stereocenters. The maximum absolute atomic E-state index is 5.35. The molecule has 0 fully saturated rings. The molecule has 0 saturated heterocycles. The summed E-state index contributed by atoms with van der Waals surface area (Å²) in [6, 6.07) is 59.6. The third-order valence-corrected chi connectivity index (χ3v) is 10.8. The number of hydrogen-bond acceptors (Lipinski definition) is 4. The lowest BCUT2D eigenvalue weighted by Gasteiger charge is -2.12. The zero-order valence-electron chi connectivity index (χ0n) is 26.9. The van der Waals surface area contributed by atoms with E-state index >= 15 is 0 Å². The van der Waals surface area contributed by atoms with Crippen molar-refractivity contribution < 1.29 is 0 Å². The van der Waals surface area contributed by atoms with Gasteiger partial charge in [0.25, 0.3) is 0 Å². The van der Waals surface area contributed by atoms with Crippen LogP contribution in [-0.4, -0.2) is 19.5 Å². The fourth-order valence-corrected chi connectivity index (χ4v) is 8.47. The van der Waals surface area contributed by atoms with E-state index in [9.17, 15) is 0 Å². The minimum Gasteiger partial charge on any atom is -0.278 e. The number of para-hydroxylation sites is 2. The number of fused-ring (bicyclic) bond motifs is 6. The van der Waals surface area contributed by atoms with Crippen molar-refractivity contribution in [1.29, 1.82) is 0 Å². The molecule has 0 saturated carbocycles. The van der Waals surface area contributed by atoms with Crippen LogP contribution in [0.4, 0.5) is 0 Å². The molecule has 0 aliphatic rings. The first-order valence-electron chi connectivity index (χ1n) is 16.7. The number of nitrogens with zero attached hydrogens (tertiary/aromatic N) is 4. The molecule has 0 N–H and O–H groups in total. The van der Waals surface area contributed by atoms with Gasteiger partial charge in [-0.2, -0.15) is 9.97 Å². The third-order valence-electron chi connectivity index (χ3n) is 9.47. The van der Waals surface area contributed by atoms with Crippen LogP contribution in [0.25, 0.3) is 93.0 Å². The summed E-state index contributed by atoms with van der Waals surface area (Å²) in [6.07, 6.45) is 0. The van der Waals surface area contributed by atoms with Gasteiger partial charge in [0.05, 0.1) is 11.0 Å². The van der Waals surface area contributed by atoms with E-state index in [-0.39, 0.29) is 0 Å². The van der Waals surface area contributed by atoms with Crippen molar-refractivity contribution in [3.8, 4) is 51.0 Å². The largest absolute Gasteiger partial charge is 0.278 e. The average Bonchev–Trinajstić information content (AvgIpc) is 3.74. The summed E-state index contributed by atoms with van der Waals surface area (Å²) < 4.78 is 4.58. The normalized spacial score (nSPS) is 11.6. The second-order valence-electron chi connectivity index (χ2n) is 12.4. The van der Waals surface area contributed by atoms with Crippen LogP contribution >= 0.6 is 11.3 Å². The molecule has 0 spiro atoms. The number of benzene rings is 7. The van der Waals surface area contributed by atoms with Crippen LogP contribution in [0.1, 0.15) is 0 Å². The third kappa shape index (κ3) is 4.63. The highest BCUT2D eigenvalue weighted by Gasteiger charge is 2.21. The minimum absolute atomic E-state index is 0.593. The Labute approximate surface area is 292 Å². The molecule has 7 aromatic carbocycles. The van der Waals surface area contributed by atoms with Crippen LogP contribution in [0.5, 0.6) is 0 Å². The van der Waals surface area contributed by atoms with E-state index in [0.29, 0.717) is 17.6 Å². The van der Waals surface area contributed by atoms with Gasteiger partial charge in [-0.3, -0.25) is 4.57 Å². The van der Waals surface area contributed by atoms with Gasteiger partial charge in [-0.05, 0) is 46.5 Å². The Hall–Kier alpha value is -6.43. The fourth-order valence-electron chi connectivity index (χ4n) is 7.15. The summed E-state index contributed by atoms with van der Waals surface area (Å²) >= 11 is 1.81. The molecule has 0 amide bonds. The Balaban J connectivity index is 1.31. The summed E-state index contributed by atoms with van der Waals surface area (Å²) in [5.41, 5.74) is 8.74. The zero-order chi connectivity index (χ0) is 33.0. The van der Waals surface area contributed by atoms with Crippen LogP contribution < -0.4 is 0 Å². The van der Waals surface area contributed by atoms with Gasteiger partial charge in [0.1, 0.15) is 0 Å². The molecule has 0 aliphatic heterocycles. The number of aromatic nitrogens is 4. The highest BCUT2D eigenvalue weighted by Crippen LogP contribution is 2.45. The maximum atomic E-state index is 5.35. The quantitative estimate of drug-likeness (QED) is 0.185. The molecule has 50 heavy (non-hydrogen) atoms. The van der Waals surface area contributed by atoms with E-state index in [1.165, 1.54) is 26.6 Å². The van der Waals surface area contributed by atoms with Crippen LogP contribution in [0.2, 0.25) is 0 Å². The molecule has 0 radical (unpaired) electrons. The molecule has 10 rings (SSSR count).